The smallest absolute Gasteiger partial charge is 0.137 e. The lowest BCUT2D eigenvalue weighted by Gasteiger charge is -2.32. The number of benzene rings is 8. The van der Waals surface area contributed by atoms with Crippen molar-refractivity contribution in [3.63, 3.8) is 0 Å². The minimum Gasteiger partial charge on any atom is -0.456 e. The van der Waals surface area contributed by atoms with E-state index in [-0.39, 0.29) is 57.8 Å². The molecule has 11 rings (SSSR count). The van der Waals surface area contributed by atoms with Gasteiger partial charge in [0.2, 0.25) is 0 Å². The highest BCUT2D eigenvalue weighted by atomic mass is 16.3. The van der Waals surface area contributed by atoms with Gasteiger partial charge in [-0.1, -0.05) is 145 Å². The summed E-state index contributed by atoms with van der Waals surface area (Å²) >= 11 is 0. The second-order valence-electron chi connectivity index (χ2n) is 13.1. The molecule has 0 aliphatic heterocycles. The topological polar surface area (TPSA) is 16.4 Å². The lowest BCUT2D eigenvalue weighted by atomic mass is 9.70. The van der Waals surface area contributed by atoms with E-state index in [0.717, 1.165) is 27.8 Å². The Kier molecular flexibility index (Phi) is 4.64. The maximum absolute atomic E-state index is 9.59. The van der Waals surface area contributed by atoms with Gasteiger partial charge in [-0.05, 0) is 98.0 Å². The van der Waals surface area contributed by atoms with E-state index in [0.29, 0.717) is 11.4 Å². The number of hydrogen-bond acceptors (Lipinski definition) is 2. The lowest BCUT2D eigenvalue weighted by Crippen LogP contribution is -2.26. The Morgan fingerprint density at radius 3 is 1.69 bits per heavy atom. The minimum atomic E-state index is -0.663. The first-order valence-corrected chi connectivity index (χ1v) is 17.0. The van der Waals surface area contributed by atoms with E-state index < -0.39 is 17.5 Å². The predicted octanol–water partition coefficient (Wildman–Crippen LogP) is 13.1. The summed E-state index contributed by atoms with van der Waals surface area (Å²) in [5, 5.41) is 0.239. The first-order chi connectivity index (χ1) is 28.2. The van der Waals surface area contributed by atoms with E-state index in [1.54, 1.807) is 0 Å². The van der Waals surface area contributed by atoms with E-state index in [1.807, 2.05) is 65.6 Å². The zero-order valence-corrected chi connectivity index (χ0v) is 27.2. The number of nitrogens with zero attached hydrogens (tertiary/aromatic N) is 1. The molecule has 0 saturated carbocycles. The molecule has 0 saturated heterocycles. The number of furan rings is 1. The summed E-state index contributed by atoms with van der Waals surface area (Å²) < 4.78 is 68.6. The van der Waals surface area contributed by atoms with Crippen molar-refractivity contribution in [2.75, 3.05) is 4.90 Å². The molecule has 0 unspecified atom stereocenters. The molecule has 2 aliphatic rings. The summed E-state index contributed by atoms with van der Waals surface area (Å²) in [5.41, 5.74) is 11.8. The van der Waals surface area contributed by atoms with E-state index in [4.69, 9.17) is 12.6 Å². The van der Waals surface area contributed by atoms with Crippen molar-refractivity contribution in [1.82, 2.24) is 0 Å². The van der Waals surface area contributed by atoms with Crippen LogP contribution in [0.3, 0.4) is 0 Å². The Bertz CT molecular complexity index is 3150. The highest BCUT2D eigenvalue weighted by molar-refractivity contribution is 6.13. The van der Waals surface area contributed by atoms with Crippen LogP contribution in [0, 0.1) is 0 Å². The summed E-state index contributed by atoms with van der Waals surface area (Å²) in [6, 6.07) is 47.2. The van der Waals surface area contributed by atoms with Crippen molar-refractivity contribution in [3.05, 3.63) is 210 Å². The van der Waals surface area contributed by atoms with E-state index in [9.17, 15) is 1.37 Å². The molecule has 1 heterocycles. The molecule has 0 atom stereocenters. The first-order valence-electron chi connectivity index (χ1n) is 20.5. The van der Waals surface area contributed by atoms with Gasteiger partial charge in [0.15, 0.2) is 0 Å². The molecule has 2 nitrogen and oxygen atoms in total. The maximum atomic E-state index is 9.59. The van der Waals surface area contributed by atoms with E-state index in [1.165, 1.54) is 27.8 Å². The largest absolute Gasteiger partial charge is 0.456 e. The third kappa shape index (κ3) is 3.87. The Hall–Kier alpha value is -6.64. The third-order valence-corrected chi connectivity index (χ3v) is 10.6. The van der Waals surface area contributed by atoms with Gasteiger partial charge in [0.1, 0.15) is 11.2 Å². The van der Waals surface area contributed by atoms with Crippen LogP contribution in [0.2, 0.25) is 0 Å². The van der Waals surface area contributed by atoms with Crippen LogP contribution in [0.25, 0.3) is 55.3 Å². The molecule has 238 valence electrons. The molecular formula is C49H31NO. The molecule has 1 aromatic heterocycles. The molecule has 2 heteroatoms. The minimum absolute atomic E-state index is 0.0626. The molecule has 8 aromatic carbocycles. The second-order valence-corrected chi connectivity index (χ2v) is 13.1. The van der Waals surface area contributed by atoms with Crippen LogP contribution in [-0.4, -0.2) is 0 Å². The fraction of sp³-hybridized carbons (Fsp3) is 0.0204. The Labute approximate surface area is 306 Å². The summed E-state index contributed by atoms with van der Waals surface area (Å²) in [4.78, 5) is 1.89. The van der Waals surface area contributed by atoms with E-state index >= 15 is 0 Å². The number of fused-ring (bicyclic) bond motifs is 13. The highest BCUT2D eigenvalue weighted by Crippen LogP contribution is 2.63. The number of hydrogen-bond donors (Lipinski definition) is 0. The van der Waals surface area contributed by atoms with Crippen molar-refractivity contribution in [1.29, 1.82) is 0 Å². The maximum Gasteiger partial charge on any atom is 0.137 e. The van der Waals surface area contributed by atoms with Crippen LogP contribution in [-0.2, 0) is 5.41 Å². The Morgan fingerprint density at radius 2 is 1.00 bits per heavy atom. The zero-order valence-electron chi connectivity index (χ0n) is 34.2. The molecule has 0 fully saturated rings. The van der Waals surface area contributed by atoms with Gasteiger partial charge in [0.25, 0.3) is 0 Å². The number of para-hydroxylation sites is 1. The van der Waals surface area contributed by atoms with Crippen LogP contribution in [0.5, 0.6) is 0 Å². The van der Waals surface area contributed by atoms with Gasteiger partial charge >= 0.3 is 0 Å². The molecule has 0 amide bonds. The SMILES string of the molecule is [2H]c1c([2H])c([2H])c2c(oc3c([2H])c([2H])c([2H])c(N(c4ccc(-c5ccccc5)cc4)c4ccc5c(c4)C4(c6ccccc6-c6ccccc64)c4ccccc4-5)c32)c1[2H]. The molecule has 0 N–H and O–H groups in total. The van der Waals surface area contributed by atoms with Crippen LogP contribution < -0.4 is 4.90 Å². The summed E-state index contributed by atoms with van der Waals surface area (Å²) in [7, 11) is 0. The first kappa shape index (κ1) is 22.2. The standard InChI is InChI=1S/C49H31NO/c1-2-13-32(14-3-1)33-25-27-34(28-26-33)50(45-22-12-24-47-48(45)40-18-7-11-23-46(40)51-47)35-29-30-39-38-17-6-10-21-43(38)49(44(39)31-35)41-19-8-4-15-36(41)37-16-5-9-20-42(37)49/h1-31H/i7D,11D,12D,18D,22D,23D,24D. The van der Waals surface area contributed by atoms with Gasteiger partial charge in [0.05, 0.1) is 26.1 Å². The predicted molar refractivity (Wildman–Crippen MR) is 210 cm³/mol. The van der Waals surface area contributed by atoms with Gasteiger partial charge < -0.3 is 9.32 Å². The Morgan fingerprint density at radius 1 is 0.451 bits per heavy atom. The number of anilines is 3. The quantitative estimate of drug-likeness (QED) is 0.187. The molecule has 2 aliphatic carbocycles. The monoisotopic (exact) mass is 656 g/mol. The number of rotatable bonds is 4. The lowest BCUT2D eigenvalue weighted by molar-refractivity contribution is 0.669. The zero-order chi connectivity index (χ0) is 39.6. The third-order valence-electron chi connectivity index (χ3n) is 10.6. The van der Waals surface area contributed by atoms with Gasteiger partial charge in [0, 0.05) is 16.8 Å². The molecule has 1 spiro atoms. The summed E-state index contributed by atoms with van der Waals surface area (Å²) in [5.74, 6) is 0. The van der Waals surface area contributed by atoms with Crippen LogP contribution in [0.1, 0.15) is 31.8 Å². The summed E-state index contributed by atoms with van der Waals surface area (Å²) in [6.45, 7) is 0. The molecule has 0 radical (unpaired) electrons. The average molecular weight is 657 g/mol. The highest BCUT2D eigenvalue weighted by Gasteiger charge is 2.51. The summed E-state index contributed by atoms with van der Waals surface area (Å²) in [6.07, 6.45) is 0. The van der Waals surface area contributed by atoms with Crippen molar-refractivity contribution < 1.29 is 14.0 Å². The van der Waals surface area contributed by atoms with Gasteiger partial charge in [-0.15, -0.1) is 0 Å². The fourth-order valence-corrected chi connectivity index (χ4v) is 8.57. The molecular weight excluding hydrogens is 619 g/mol. The van der Waals surface area contributed by atoms with E-state index in [2.05, 4.69) is 84.9 Å². The van der Waals surface area contributed by atoms with Crippen molar-refractivity contribution >= 4 is 39.0 Å². The Balaban J connectivity index is 1.25. The van der Waals surface area contributed by atoms with Gasteiger partial charge in [-0.25, -0.2) is 0 Å². The van der Waals surface area contributed by atoms with Crippen molar-refractivity contribution in [3.8, 4) is 33.4 Å². The molecule has 0 bridgehead atoms. The van der Waals surface area contributed by atoms with Gasteiger partial charge in [-0.2, -0.15) is 0 Å². The molecule has 9 aromatic rings. The second kappa shape index (κ2) is 10.7. The fourth-order valence-electron chi connectivity index (χ4n) is 8.57. The average Bonchev–Trinajstić information content (AvgIpc) is 3.91. The molecule has 51 heavy (non-hydrogen) atoms. The normalized spacial score (nSPS) is 15.2. The van der Waals surface area contributed by atoms with Crippen molar-refractivity contribution in [2.24, 2.45) is 0 Å². The van der Waals surface area contributed by atoms with Crippen LogP contribution >= 0.6 is 0 Å². The van der Waals surface area contributed by atoms with Gasteiger partial charge in [-0.3, -0.25) is 0 Å². The van der Waals surface area contributed by atoms with Crippen LogP contribution in [0.4, 0.5) is 17.1 Å². The van der Waals surface area contributed by atoms with Crippen LogP contribution in [0.15, 0.2) is 192 Å². The van der Waals surface area contributed by atoms with Crippen molar-refractivity contribution in [2.45, 2.75) is 5.41 Å².